The van der Waals surface area contributed by atoms with Crippen LogP contribution in [0.3, 0.4) is 0 Å². The van der Waals surface area contributed by atoms with Crippen LogP contribution >= 0.6 is 56.9 Å². The van der Waals surface area contributed by atoms with Gasteiger partial charge in [-0.15, -0.1) is 17.0 Å². The topological polar surface area (TPSA) is 305 Å². The summed E-state index contributed by atoms with van der Waals surface area (Å²) in [6.07, 6.45) is -8.98. The van der Waals surface area contributed by atoms with Crippen LogP contribution in [0.15, 0.2) is 0 Å². The minimum Gasteiger partial charge on any atom is -0.463 e. The monoisotopic (exact) mass is 973 g/mol. The Morgan fingerprint density at radius 1 is 0.607 bits per heavy atom. The smallest absolute Gasteiger partial charge is 0.303 e. The molecular formula is C31H49Br2N3O18S2. The molecule has 322 valence electrons. The number of thiocarbonyl (C=S) groups is 1. The lowest BCUT2D eigenvalue weighted by Gasteiger charge is -2.43. The number of rotatable bonds is 11. The van der Waals surface area contributed by atoms with Gasteiger partial charge in [0.25, 0.3) is 0 Å². The summed E-state index contributed by atoms with van der Waals surface area (Å²) < 4.78 is 52.2. The number of hydrogen-bond acceptors (Lipinski definition) is 21. The summed E-state index contributed by atoms with van der Waals surface area (Å²) in [6.45, 7) is 8.71. The number of carbonyl (C=O) groups is 8. The van der Waals surface area contributed by atoms with Crippen molar-refractivity contribution in [2.24, 2.45) is 11.5 Å². The van der Waals surface area contributed by atoms with Crippen molar-refractivity contribution in [1.29, 1.82) is 5.41 Å². The third-order valence-corrected chi connectivity index (χ3v) is 7.73. The molecule has 0 saturated carbocycles. The highest BCUT2D eigenvalue weighted by Crippen LogP contribution is 2.34. The molecule has 0 radical (unpaired) electrons. The van der Waals surface area contributed by atoms with Crippen molar-refractivity contribution in [2.45, 2.75) is 122 Å². The van der Waals surface area contributed by atoms with E-state index in [1.165, 1.54) is 20.8 Å². The van der Waals surface area contributed by atoms with Crippen LogP contribution in [0.1, 0.15) is 62.8 Å². The van der Waals surface area contributed by atoms with Crippen molar-refractivity contribution in [3.63, 3.8) is 0 Å². The van der Waals surface area contributed by atoms with E-state index in [2.05, 4.69) is 33.9 Å². The number of esters is 8. The summed E-state index contributed by atoms with van der Waals surface area (Å²) in [7, 11) is 0. The Morgan fingerprint density at radius 2 is 0.893 bits per heavy atom. The molecule has 0 aromatic carbocycles. The summed E-state index contributed by atoms with van der Waals surface area (Å²) in [5.74, 6) is -5.29. The molecule has 5 N–H and O–H groups in total. The molecule has 0 aliphatic carbocycles. The number of hydrogen-bond donors (Lipinski definition) is 3. The zero-order valence-electron chi connectivity index (χ0n) is 30.9. The molecule has 0 spiro atoms. The zero-order valence-corrected chi connectivity index (χ0v) is 35.8. The summed E-state index contributed by atoms with van der Waals surface area (Å²) in [6, 6.07) is 0. The molecule has 25 heteroatoms. The Kier molecular flexibility index (Phi) is 29.0. The molecule has 2 rings (SSSR count). The number of thioether (sulfide) groups is 1. The van der Waals surface area contributed by atoms with Crippen molar-refractivity contribution >= 4 is 115 Å². The van der Waals surface area contributed by atoms with Crippen LogP contribution in [0.25, 0.3) is 0 Å². The molecule has 2 saturated heterocycles. The van der Waals surface area contributed by atoms with Crippen molar-refractivity contribution in [3.05, 3.63) is 0 Å². The highest BCUT2D eigenvalue weighted by Gasteiger charge is 2.53. The molecular weight excluding hydrogens is 926 g/mol. The van der Waals surface area contributed by atoms with E-state index >= 15 is 0 Å². The number of ether oxygens (including phenoxy) is 10. The third-order valence-electron chi connectivity index (χ3n) is 6.13. The fourth-order valence-corrected chi connectivity index (χ4v) is 6.06. The quantitative estimate of drug-likeness (QED) is 0.0656. The molecule has 21 nitrogen and oxygen atoms in total. The van der Waals surface area contributed by atoms with Crippen LogP contribution in [-0.2, 0) is 85.7 Å². The first-order valence-corrected chi connectivity index (χ1v) is 17.7. The van der Waals surface area contributed by atoms with Gasteiger partial charge in [-0.3, -0.25) is 43.8 Å². The molecule has 10 unspecified atom stereocenters. The maximum absolute atomic E-state index is 11.6. The molecule has 10 atom stereocenters. The Labute approximate surface area is 351 Å². The highest BCUT2D eigenvalue weighted by atomic mass is 79.9. The van der Waals surface area contributed by atoms with E-state index in [4.69, 9.17) is 58.5 Å². The number of amidine groups is 1. The lowest BCUT2D eigenvalue weighted by molar-refractivity contribution is -0.237. The molecule has 0 aromatic rings. The van der Waals surface area contributed by atoms with Gasteiger partial charge < -0.3 is 58.8 Å². The Balaban J connectivity index is -0.000000911. The molecule has 2 fully saturated rings. The molecule has 0 amide bonds. The highest BCUT2D eigenvalue weighted by molar-refractivity contribution is 9.09. The maximum Gasteiger partial charge on any atom is 0.303 e. The zero-order chi connectivity index (χ0) is 41.9. The number of alkyl halides is 1. The lowest BCUT2D eigenvalue weighted by Crippen LogP contribution is -2.61. The largest absolute Gasteiger partial charge is 0.463 e. The summed E-state index contributed by atoms with van der Waals surface area (Å²) in [5, 5.41) is 6.24. The number of nitrogens with two attached hydrogens (primary N) is 2. The van der Waals surface area contributed by atoms with Crippen molar-refractivity contribution in [1.82, 2.24) is 0 Å². The SMILES string of the molecule is Br.C.CC(=O)OCC1OC(Br)C(OC(C)=O)C(OC(C)=O)C1OC(C)=O.CC(=O)OCC1OC(SC(=N)N)C(OC(C)=O)C(OC(C)=O)C1OC(C)=O.NC=S. The van der Waals surface area contributed by atoms with Gasteiger partial charge in [0.05, 0.1) is 5.49 Å². The lowest BCUT2D eigenvalue weighted by atomic mass is 9.99. The number of carbonyl (C=O) groups excluding carboxylic acids is 8. The first-order chi connectivity index (χ1) is 25.0. The van der Waals surface area contributed by atoms with E-state index in [9.17, 15) is 38.4 Å². The number of halogens is 2. The van der Waals surface area contributed by atoms with Gasteiger partial charge in [-0.25, -0.2) is 0 Å². The van der Waals surface area contributed by atoms with E-state index in [1.807, 2.05) is 0 Å². The second kappa shape index (κ2) is 28.7. The van der Waals surface area contributed by atoms with E-state index in [0.29, 0.717) is 11.8 Å². The Bertz CT molecular complexity index is 1380. The fourth-order valence-electron chi connectivity index (χ4n) is 4.58. The molecule has 56 heavy (non-hydrogen) atoms. The van der Waals surface area contributed by atoms with Crippen molar-refractivity contribution in [3.8, 4) is 0 Å². The normalized spacial score (nSPS) is 25.9. The van der Waals surface area contributed by atoms with Crippen LogP contribution in [0, 0.1) is 5.41 Å². The summed E-state index contributed by atoms with van der Waals surface area (Å²) >= 11 is 7.93. The predicted molar refractivity (Wildman–Crippen MR) is 207 cm³/mol. The van der Waals surface area contributed by atoms with Gasteiger partial charge in [0, 0.05) is 55.4 Å². The predicted octanol–water partition coefficient (Wildman–Crippen LogP) is 1.28. The van der Waals surface area contributed by atoms with Crippen molar-refractivity contribution in [2.75, 3.05) is 13.2 Å². The molecule has 0 aromatic heterocycles. The molecule has 2 aliphatic rings. The van der Waals surface area contributed by atoms with E-state index in [1.54, 1.807) is 0 Å². The van der Waals surface area contributed by atoms with E-state index < -0.39 is 107 Å². The molecule has 2 heterocycles. The molecule has 2 aliphatic heterocycles. The minimum atomic E-state index is -1.26. The number of nitrogens with one attached hydrogen (secondary N) is 1. The minimum absolute atomic E-state index is 0. The Hall–Kier alpha value is -3.65. The van der Waals surface area contributed by atoms with Crippen LogP contribution < -0.4 is 11.5 Å². The second-order valence-corrected chi connectivity index (χ2v) is 13.1. The van der Waals surface area contributed by atoms with Crippen LogP contribution in [-0.4, -0.2) is 131 Å². The maximum atomic E-state index is 11.6. The van der Waals surface area contributed by atoms with E-state index in [-0.39, 0.29) is 42.8 Å². The van der Waals surface area contributed by atoms with Gasteiger partial charge >= 0.3 is 47.8 Å². The molecule has 0 bridgehead atoms. The third kappa shape index (κ3) is 22.2. The average molecular weight is 976 g/mol. The van der Waals surface area contributed by atoms with Crippen LogP contribution in [0.5, 0.6) is 0 Å². The Morgan fingerprint density at radius 3 is 1.21 bits per heavy atom. The summed E-state index contributed by atoms with van der Waals surface area (Å²) in [5.41, 5.74) is 9.95. The van der Waals surface area contributed by atoms with Gasteiger partial charge in [-0.2, -0.15) is 0 Å². The van der Waals surface area contributed by atoms with Crippen LogP contribution in [0.4, 0.5) is 0 Å². The van der Waals surface area contributed by atoms with E-state index in [0.717, 1.165) is 40.1 Å². The van der Waals surface area contributed by atoms with Gasteiger partial charge in [0.1, 0.15) is 25.4 Å². The van der Waals surface area contributed by atoms with Crippen molar-refractivity contribution < 1.29 is 85.7 Å². The van der Waals surface area contributed by atoms with Gasteiger partial charge in [0.2, 0.25) is 0 Å². The van der Waals surface area contributed by atoms with Gasteiger partial charge in [-0.1, -0.05) is 47.3 Å². The van der Waals surface area contributed by atoms with Gasteiger partial charge in [0.15, 0.2) is 52.2 Å². The first-order valence-electron chi connectivity index (χ1n) is 15.4. The van der Waals surface area contributed by atoms with Gasteiger partial charge in [-0.05, 0) is 0 Å². The standard InChI is InChI=1S/C15H22N2O9S.C14H19BrO9.CH3NS.CH4.BrH/c1-6(18)22-5-10-11(23-7(2)19)12(24-8(3)20)13(25-9(4)21)14(26-10)27-15(16)17;1-6(16)20-5-10-11(21-7(2)17)12(22-8(3)18)13(14(15)24-10)23-9(4)19;2-1-3;;/h10-14H,5H2,1-4H3,(H3,16,17);10-14H,5H2,1-4H3;1H,(H2,2,3);1H4;1H. The first kappa shape index (κ1) is 56.7. The average Bonchev–Trinajstić information content (AvgIpc) is 3.00. The fraction of sp³-hybridized carbons (Fsp3) is 0.677. The van der Waals surface area contributed by atoms with Crippen LogP contribution in [0.2, 0.25) is 0 Å². The summed E-state index contributed by atoms with van der Waals surface area (Å²) in [4.78, 5) is 90.9. The second-order valence-electron chi connectivity index (χ2n) is 10.7.